The van der Waals surface area contributed by atoms with E-state index in [0.717, 1.165) is 0 Å². The van der Waals surface area contributed by atoms with E-state index in [-0.39, 0.29) is 0 Å². The Hall–Kier alpha value is 0.130. The molecule has 0 atom stereocenters. The van der Waals surface area contributed by atoms with Crippen molar-refractivity contribution in [3.8, 4) is 0 Å². The molecule has 1 aliphatic carbocycles. The van der Waals surface area contributed by atoms with Crippen molar-refractivity contribution in [1.82, 2.24) is 0 Å². The zero-order valence-corrected chi connectivity index (χ0v) is 9.57. The van der Waals surface area contributed by atoms with E-state index in [1.54, 1.807) is 0 Å². The summed E-state index contributed by atoms with van der Waals surface area (Å²) in [5, 5.41) is 0.678. The van der Waals surface area contributed by atoms with Crippen LogP contribution in [0.5, 0.6) is 0 Å². The van der Waals surface area contributed by atoms with Crippen LogP contribution < -0.4 is 0 Å². The van der Waals surface area contributed by atoms with E-state index >= 15 is 0 Å². The minimum atomic E-state index is 0.678. The molecule has 0 spiro atoms. The molecule has 0 aromatic rings. The van der Waals surface area contributed by atoms with Crippen molar-refractivity contribution in [1.29, 1.82) is 0 Å². The molecule has 0 nitrogen and oxygen atoms in total. The highest BCUT2D eigenvalue weighted by Crippen LogP contribution is 2.35. The molecule has 0 N–H and O–H groups in total. The van der Waals surface area contributed by atoms with Crippen molar-refractivity contribution in [2.24, 2.45) is 0 Å². The molecular formula is C11H24B2. The van der Waals surface area contributed by atoms with Gasteiger partial charge in [-0.1, -0.05) is 69.8 Å². The van der Waals surface area contributed by atoms with Crippen molar-refractivity contribution in [2.75, 3.05) is 0 Å². The molecule has 13 heavy (non-hydrogen) atoms. The third-order valence-electron chi connectivity index (χ3n) is 3.91. The summed E-state index contributed by atoms with van der Waals surface area (Å²) in [5.74, 6) is 0. The van der Waals surface area contributed by atoms with Crippen molar-refractivity contribution in [2.45, 2.75) is 69.8 Å². The van der Waals surface area contributed by atoms with Crippen LogP contribution in [-0.4, -0.2) is 15.1 Å². The monoisotopic (exact) mass is 178 g/mol. The Morgan fingerprint density at radius 2 is 1.23 bits per heavy atom. The number of hydrogen-bond acceptors (Lipinski definition) is 0. The molecule has 1 rings (SSSR count). The molecule has 0 saturated heterocycles. The molecule has 0 heterocycles. The maximum atomic E-state index is 2.49. The Balaban J connectivity index is 2.34. The van der Waals surface area contributed by atoms with Gasteiger partial charge in [-0.05, 0) is 0 Å². The maximum absolute atomic E-state index is 2.49. The first-order valence-corrected chi connectivity index (χ1v) is 6.27. The first-order valence-electron chi connectivity index (χ1n) is 6.27. The Bertz CT molecular complexity index is 124. The summed E-state index contributed by atoms with van der Waals surface area (Å²) in [4.78, 5) is 0. The fourth-order valence-electron chi connectivity index (χ4n) is 2.47. The third kappa shape index (κ3) is 4.24. The van der Waals surface area contributed by atoms with Gasteiger partial charge in [-0.25, -0.2) is 0 Å². The molecule has 1 fully saturated rings. The Kier molecular flexibility index (Phi) is 4.98. The molecule has 0 aromatic carbocycles. The molecule has 74 valence electrons. The lowest BCUT2D eigenvalue weighted by molar-refractivity contribution is 0.479. The summed E-state index contributed by atoms with van der Waals surface area (Å²) >= 11 is 0. The van der Waals surface area contributed by atoms with Gasteiger partial charge >= 0.3 is 0 Å². The minimum Gasteiger partial charge on any atom is -0.0895 e. The van der Waals surface area contributed by atoms with Gasteiger partial charge in [0.1, 0.15) is 7.28 Å². The number of hydrogen-bond donors (Lipinski definition) is 0. The zero-order chi connectivity index (χ0) is 9.57. The summed E-state index contributed by atoms with van der Waals surface area (Å²) in [5.41, 5.74) is 0. The minimum absolute atomic E-state index is 0.678. The Morgan fingerprint density at radius 1 is 0.846 bits per heavy atom. The van der Waals surface area contributed by atoms with E-state index in [4.69, 9.17) is 0 Å². The van der Waals surface area contributed by atoms with Gasteiger partial charge in [-0.2, -0.15) is 0 Å². The lowest BCUT2D eigenvalue weighted by atomic mass is 9.40. The maximum Gasteiger partial charge on any atom is 0.115 e. The van der Waals surface area contributed by atoms with Crippen molar-refractivity contribution in [3.05, 3.63) is 0 Å². The molecule has 2 heteroatoms. The lowest BCUT2D eigenvalue weighted by Gasteiger charge is -2.28. The zero-order valence-electron chi connectivity index (χ0n) is 9.57. The molecule has 1 saturated carbocycles. The van der Waals surface area contributed by atoms with Gasteiger partial charge in [0, 0.05) is 0 Å². The predicted octanol–water partition coefficient (Wildman–Crippen LogP) is 2.74. The van der Waals surface area contributed by atoms with Crippen LogP contribution in [0.3, 0.4) is 0 Å². The molecule has 1 aliphatic rings. The highest BCUT2D eigenvalue weighted by molar-refractivity contribution is 6.52. The third-order valence-corrected chi connectivity index (χ3v) is 3.91. The van der Waals surface area contributed by atoms with E-state index in [2.05, 4.69) is 14.7 Å². The van der Waals surface area contributed by atoms with Crippen LogP contribution in [0, 0.1) is 0 Å². The molecule has 0 aliphatic heterocycles. The van der Waals surface area contributed by atoms with Crippen LogP contribution >= 0.6 is 0 Å². The predicted molar refractivity (Wildman–Crippen MR) is 65.8 cm³/mol. The van der Waals surface area contributed by atoms with Crippen molar-refractivity contribution in [3.63, 3.8) is 0 Å². The van der Waals surface area contributed by atoms with Gasteiger partial charge in [0.05, 0.1) is 7.85 Å². The molecule has 0 amide bonds. The highest BCUT2D eigenvalue weighted by atomic mass is 14.1. The summed E-state index contributed by atoms with van der Waals surface area (Å²) in [7, 11) is 3.88. The highest BCUT2D eigenvalue weighted by Gasteiger charge is 2.22. The molecule has 0 radical (unpaired) electrons. The van der Waals surface area contributed by atoms with E-state index in [9.17, 15) is 0 Å². The standard InChI is InChI=1S/C11H24B2/c1-13-11(12)9-7-5-3-2-4-6-8-10-11/h13H,2-10,12H2,1H3. The van der Waals surface area contributed by atoms with Gasteiger partial charge in [0.25, 0.3) is 0 Å². The van der Waals surface area contributed by atoms with E-state index in [0.29, 0.717) is 5.21 Å². The summed E-state index contributed by atoms with van der Waals surface area (Å²) in [6.07, 6.45) is 13.3. The van der Waals surface area contributed by atoms with Gasteiger partial charge in [-0.3, -0.25) is 0 Å². The second-order valence-corrected chi connectivity index (χ2v) is 5.14. The molecule has 0 aromatic heterocycles. The van der Waals surface area contributed by atoms with Crippen LogP contribution in [0.15, 0.2) is 0 Å². The first kappa shape index (κ1) is 11.2. The fraction of sp³-hybridized carbons (Fsp3) is 1.00. The van der Waals surface area contributed by atoms with Gasteiger partial charge in [0.2, 0.25) is 0 Å². The van der Waals surface area contributed by atoms with Crippen molar-refractivity contribution < 1.29 is 0 Å². The van der Waals surface area contributed by atoms with Gasteiger partial charge in [-0.15, -0.1) is 0 Å². The Labute approximate surface area is 85.5 Å². The molecule has 0 bridgehead atoms. The second-order valence-electron chi connectivity index (χ2n) is 5.14. The second kappa shape index (κ2) is 5.78. The molecular weight excluding hydrogens is 154 g/mol. The van der Waals surface area contributed by atoms with Crippen LogP contribution in [0.2, 0.25) is 12.0 Å². The van der Waals surface area contributed by atoms with Gasteiger partial charge in [0.15, 0.2) is 0 Å². The summed E-state index contributed by atoms with van der Waals surface area (Å²) in [6.45, 7) is 2.37. The smallest absolute Gasteiger partial charge is 0.0895 e. The van der Waals surface area contributed by atoms with E-state index in [1.807, 2.05) is 0 Å². The van der Waals surface area contributed by atoms with Crippen LogP contribution in [-0.2, 0) is 0 Å². The SMILES string of the molecule is BC1(BC)CCCCCCCCC1. The first-order chi connectivity index (χ1) is 6.27. The largest absolute Gasteiger partial charge is 0.115 e. The van der Waals surface area contributed by atoms with Crippen molar-refractivity contribution >= 4 is 15.1 Å². The van der Waals surface area contributed by atoms with E-state index < -0.39 is 0 Å². The van der Waals surface area contributed by atoms with Crippen LogP contribution in [0.4, 0.5) is 0 Å². The average Bonchev–Trinajstić information content (AvgIpc) is 2.16. The quantitative estimate of drug-likeness (QED) is 0.541. The summed E-state index contributed by atoms with van der Waals surface area (Å²) < 4.78 is 0. The fourth-order valence-corrected chi connectivity index (χ4v) is 2.47. The lowest BCUT2D eigenvalue weighted by Crippen LogP contribution is -2.19. The van der Waals surface area contributed by atoms with Gasteiger partial charge < -0.3 is 0 Å². The number of rotatable bonds is 1. The normalized spacial score (nSPS) is 25.0. The Morgan fingerprint density at radius 3 is 1.62 bits per heavy atom. The molecule has 0 unspecified atom stereocenters. The van der Waals surface area contributed by atoms with E-state index in [1.165, 1.54) is 65.1 Å². The summed E-state index contributed by atoms with van der Waals surface area (Å²) in [6, 6.07) is 0. The topological polar surface area (TPSA) is 0 Å². The van der Waals surface area contributed by atoms with Crippen LogP contribution in [0.25, 0.3) is 0 Å². The van der Waals surface area contributed by atoms with Crippen LogP contribution in [0.1, 0.15) is 57.8 Å². The average molecular weight is 178 g/mol.